The fourth-order valence-corrected chi connectivity index (χ4v) is 4.36. The Morgan fingerprint density at radius 1 is 0.638 bits per heavy atom. The summed E-state index contributed by atoms with van der Waals surface area (Å²) in [5, 5.41) is 8.43. The first kappa shape index (κ1) is 36.7. The summed E-state index contributed by atoms with van der Waals surface area (Å²) in [5.41, 5.74) is 1.48. The Bertz CT molecular complexity index is 1390. The molecule has 0 heterocycles. The van der Waals surface area contributed by atoms with Crippen molar-refractivity contribution in [2.45, 2.75) is 66.2 Å². The molecule has 3 aromatic rings. The van der Waals surface area contributed by atoms with E-state index in [1.54, 1.807) is 66.7 Å². The number of ether oxygens (including phenoxy) is 4. The first-order valence-corrected chi connectivity index (χ1v) is 16.5. The van der Waals surface area contributed by atoms with Gasteiger partial charge in [0.05, 0.1) is 44.5 Å². The SMILES string of the molecule is CCCCOc1ccc(NC(=O)[CH]C(CC(=O)Nc2ccc(OCCCC)cc2OCC)C(=O)Nc2ccc(OCCC)cc2)cc1. The van der Waals surface area contributed by atoms with Gasteiger partial charge in [0.2, 0.25) is 17.7 Å². The molecule has 1 radical (unpaired) electrons. The fourth-order valence-electron chi connectivity index (χ4n) is 4.36. The predicted molar refractivity (Wildman–Crippen MR) is 185 cm³/mol. The lowest BCUT2D eigenvalue weighted by Gasteiger charge is -2.18. The van der Waals surface area contributed by atoms with Crippen LogP contribution in [0.2, 0.25) is 0 Å². The van der Waals surface area contributed by atoms with Gasteiger partial charge in [0.15, 0.2) is 0 Å². The van der Waals surface area contributed by atoms with Gasteiger partial charge < -0.3 is 34.9 Å². The Morgan fingerprint density at radius 3 is 1.77 bits per heavy atom. The van der Waals surface area contributed by atoms with Gasteiger partial charge in [0.1, 0.15) is 23.0 Å². The molecule has 0 saturated heterocycles. The van der Waals surface area contributed by atoms with Crippen molar-refractivity contribution in [3.8, 4) is 23.0 Å². The second kappa shape index (κ2) is 20.4. The maximum absolute atomic E-state index is 13.5. The lowest BCUT2D eigenvalue weighted by Crippen LogP contribution is -2.31. The van der Waals surface area contributed by atoms with Gasteiger partial charge in [0, 0.05) is 23.9 Å². The second-order valence-corrected chi connectivity index (χ2v) is 10.9. The summed E-state index contributed by atoms with van der Waals surface area (Å²) in [6.45, 7) is 10.2. The normalized spacial score (nSPS) is 11.2. The smallest absolute Gasteiger partial charge is 0.229 e. The standard InChI is InChI=1S/C37H48N3O7/c1-5-9-22-46-31-15-11-28(12-16-31)38-35(41)24-27(37(43)39-29-13-17-30(18-14-29)45-21-7-3)25-36(42)40-33-20-19-32(47-23-10-6-2)26-34(33)44-8-4/h11-20,24,26-27H,5-10,21-23,25H2,1-4H3,(H,38,41)(H,39,43)(H,40,42). The fraction of sp³-hybridized carbons (Fsp3) is 0.405. The molecule has 10 heteroatoms. The summed E-state index contributed by atoms with van der Waals surface area (Å²) >= 11 is 0. The van der Waals surface area contributed by atoms with Crippen molar-refractivity contribution in [3.05, 3.63) is 73.2 Å². The number of amides is 3. The third-order valence-electron chi connectivity index (χ3n) is 6.87. The number of benzene rings is 3. The topological polar surface area (TPSA) is 124 Å². The molecule has 0 aliphatic heterocycles. The Kier molecular flexibility index (Phi) is 15.9. The zero-order valence-electron chi connectivity index (χ0n) is 27.9. The molecule has 1 atom stereocenters. The molecule has 3 amide bonds. The molecule has 0 aliphatic rings. The van der Waals surface area contributed by atoms with E-state index in [0.29, 0.717) is 66.5 Å². The number of nitrogens with one attached hydrogen (secondary N) is 3. The van der Waals surface area contributed by atoms with E-state index < -0.39 is 23.6 Å². The van der Waals surface area contributed by atoms with Crippen LogP contribution in [0.5, 0.6) is 23.0 Å². The highest BCUT2D eigenvalue weighted by Crippen LogP contribution is 2.30. The zero-order valence-corrected chi connectivity index (χ0v) is 27.9. The third-order valence-corrected chi connectivity index (χ3v) is 6.87. The van der Waals surface area contributed by atoms with Crippen LogP contribution >= 0.6 is 0 Å². The summed E-state index contributed by atoms with van der Waals surface area (Å²) in [6, 6.07) is 19.1. The molecule has 0 fully saturated rings. The maximum Gasteiger partial charge on any atom is 0.229 e. The van der Waals surface area contributed by atoms with E-state index in [9.17, 15) is 14.4 Å². The van der Waals surface area contributed by atoms with Gasteiger partial charge in [0.25, 0.3) is 0 Å². The molecular formula is C37H48N3O7. The largest absolute Gasteiger partial charge is 0.494 e. The number of unbranched alkanes of at least 4 members (excludes halogenated alkanes) is 2. The minimum atomic E-state index is -1.09. The van der Waals surface area contributed by atoms with E-state index in [0.717, 1.165) is 32.1 Å². The summed E-state index contributed by atoms with van der Waals surface area (Å²) in [4.78, 5) is 39.9. The van der Waals surface area contributed by atoms with Gasteiger partial charge >= 0.3 is 0 Å². The molecule has 3 aromatic carbocycles. The highest BCUT2D eigenvalue weighted by Gasteiger charge is 2.26. The van der Waals surface area contributed by atoms with Crippen molar-refractivity contribution in [1.29, 1.82) is 0 Å². The number of carbonyl (C=O) groups is 3. The van der Waals surface area contributed by atoms with Crippen LogP contribution in [0.4, 0.5) is 17.1 Å². The summed E-state index contributed by atoms with van der Waals surface area (Å²) in [7, 11) is 0. The summed E-state index contributed by atoms with van der Waals surface area (Å²) < 4.78 is 22.8. The highest BCUT2D eigenvalue weighted by atomic mass is 16.5. The van der Waals surface area contributed by atoms with Crippen molar-refractivity contribution < 1.29 is 33.3 Å². The van der Waals surface area contributed by atoms with Crippen LogP contribution in [0.3, 0.4) is 0 Å². The minimum absolute atomic E-state index is 0.290. The van der Waals surface area contributed by atoms with Gasteiger partial charge in [-0.15, -0.1) is 0 Å². The molecule has 3 N–H and O–H groups in total. The Morgan fingerprint density at radius 2 is 1.19 bits per heavy atom. The molecule has 3 rings (SSSR count). The van der Waals surface area contributed by atoms with Gasteiger partial charge in [-0.25, -0.2) is 0 Å². The molecule has 0 bridgehead atoms. The van der Waals surface area contributed by atoms with E-state index in [2.05, 4.69) is 29.8 Å². The third kappa shape index (κ3) is 13.3. The highest BCUT2D eigenvalue weighted by molar-refractivity contribution is 6.06. The van der Waals surface area contributed by atoms with Crippen LogP contribution in [0.25, 0.3) is 0 Å². The van der Waals surface area contributed by atoms with Crippen molar-refractivity contribution in [1.82, 2.24) is 0 Å². The summed E-state index contributed by atoms with van der Waals surface area (Å²) in [5.74, 6) is -0.125. The lowest BCUT2D eigenvalue weighted by molar-refractivity contribution is -0.125. The van der Waals surface area contributed by atoms with E-state index in [1.165, 1.54) is 6.42 Å². The summed E-state index contributed by atoms with van der Waals surface area (Å²) in [6.07, 6.45) is 5.71. The van der Waals surface area contributed by atoms with E-state index in [1.807, 2.05) is 13.8 Å². The first-order valence-electron chi connectivity index (χ1n) is 16.5. The molecule has 0 spiro atoms. The molecule has 253 valence electrons. The van der Waals surface area contributed by atoms with Gasteiger partial charge in [-0.3, -0.25) is 14.4 Å². The average Bonchev–Trinajstić information content (AvgIpc) is 3.06. The number of hydrogen-bond donors (Lipinski definition) is 3. The van der Waals surface area contributed by atoms with E-state index in [-0.39, 0.29) is 6.42 Å². The molecule has 1 unspecified atom stereocenters. The van der Waals surface area contributed by atoms with Crippen LogP contribution in [0.1, 0.15) is 66.2 Å². The van der Waals surface area contributed by atoms with Crippen LogP contribution in [-0.4, -0.2) is 44.1 Å². The first-order chi connectivity index (χ1) is 22.8. The quantitative estimate of drug-likeness (QED) is 0.102. The van der Waals surface area contributed by atoms with Crippen LogP contribution in [0, 0.1) is 12.3 Å². The average molecular weight is 647 g/mol. The maximum atomic E-state index is 13.5. The van der Waals surface area contributed by atoms with Crippen LogP contribution < -0.4 is 34.9 Å². The zero-order chi connectivity index (χ0) is 33.9. The van der Waals surface area contributed by atoms with Crippen LogP contribution in [-0.2, 0) is 14.4 Å². The molecule has 47 heavy (non-hydrogen) atoms. The number of carbonyl (C=O) groups excluding carboxylic acids is 3. The number of hydrogen-bond acceptors (Lipinski definition) is 7. The molecule has 0 aliphatic carbocycles. The van der Waals surface area contributed by atoms with Crippen molar-refractivity contribution in [3.63, 3.8) is 0 Å². The Hall–Kier alpha value is -4.73. The van der Waals surface area contributed by atoms with Crippen molar-refractivity contribution >= 4 is 34.8 Å². The second-order valence-electron chi connectivity index (χ2n) is 10.9. The molecule has 0 saturated carbocycles. The number of rotatable bonds is 21. The van der Waals surface area contributed by atoms with Crippen LogP contribution in [0.15, 0.2) is 66.7 Å². The van der Waals surface area contributed by atoms with E-state index >= 15 is 0 Å². The Balaban J connectivity index is 1.72. The Labute approximate surface area is 278 Å². The van der Waals surface area contributed by atoms with Crippen molar-refractivity contribution in [2.75, 3.05) is 42.4 Å². The molecule has 0 aromatic heterocycles. The van der Waals surface area contributed by atoms with Gasteiger partial charge in [-0.2, -0.15) is 0 Å². The predicted octanol–water partition coefficient (Wildman–Crippen LogP) is 7.66. The number of anilines is 3. The van der Waals surface area contributed by atoms with Crippen molar-refractivity contribution in [2.24, 2.45) is 5.92 Å². The van der Waals surface area contributed by atoms with E-state index in [4.69, 9.17) is 18.9 Å². The molecular weight excluding hydrogens is 598 g/mol. The molecule has 10 nitrogen and oxygen atoms in total. The van der Waals surface area contributed by atoms with Gasteiger partial charge in [-0.05, 0) is 86.8 Å². The lowest BCUT2D eigenvalue weighted by atomic mass is 9.98. The minimum Gasteiger partial charge on any atom is -0.494 e. The monoisotopic (exact) mass is 646 g/mol. The van der Waals surface area contributed by atoms with Gasteiger partial charge in [-0.1, -0.05) is 33.6 Å².